The summed E-state index contributed by atoms with van der Waals surface area (Å²) in [5, 5.41) is 3.67. The van der Waals surface area contributed by atoms with Gasteiger partial charge in [0.05, 0.1) is 14.2 Å². The van der Waals surface area contributed by atoms with Gasteiger partial charge >= 0.3 is 0 Å². The number of benzene rings is 1. The average Bonchev–Trinajstić information content (AvgIpc) is 2.83. The molecule has 100 valence electrons. The standard InChI is InChI=1S/C15H23NO2/c1-15(8-4-5-9-15)16-11-12-6-7-13(17-2)14(10-12)18-3/h6-7,10,16H,4-5,8-9,11H2,1-3H3. The molecule has 0 atom stereocenters. The van der Waals surface area contributed by atoms with Crippen molar-refractivity contribution < 1.29 is 9.47 Å². The Labute approximate surface area is 109 Å². The third-order valence-corrected chi connectivity index (χ3v) is 3.87. The van der Waals surface area contributed by atoms with Crippen LogP contribution in [0, 0.1) is 0 Å². The fraction of sp³-hybridized carbons (Fsp3) is 0.600. The molecule has 0 aliphatic heterocycles. The van der Waals surface area contributed by atoms with Crippen LogP contribution in [-0.2, 0) is 6.54 Å². The van der Waals surface area contributed by atoms with Crippen molar-refractivity contribution in [3.63, 3.8) is 0 Å². The predicted molar refractivity (Wildman–Crippen MR) is 73.3 cm³/mol. The van der Waals surface area contributed by atoms with Crippen LogP contribution >= 0.6 is 0 Å². The van der Waals surface area contributed by atoms with Crippen molar-refractivity contribution in [2.75, 3.05) is 14.2 Å². The van der Waals surface area contributed by atoms with E-state index in [0.717, 1.165) is 18.0 Å². The van der Waals surface area contributed by atoms with Crippen molar-refractivity contribution in [3.05, 3.63) is 23.8 Å². The van der Waals surface area contributed by atoms with Gasteiger partial charge in [-0.2, -0.15) is 0 Å². The third kappa shape index (κ3) is 2.96. The number of nitrogens with one attached hydrogen (secondary N) is 1. The summed E-state index contributed by atoms with van der Waals surface area (Å²) in [7, 11) is 3.34. The van der Waals surface area contributed by atoms with E-state index in [4.69, 9.17) is 9.47 Å². The Morgan fingerprint density at radius 2 is 1.78 bits per heavy atom. The van der Waals surface area contributed by atoms with Gasteiger partial charge in [-0.1, -0.05) is 18.9 Å². The fourth-order valence-electron chi connectivity index (χ4n) is 2.64. The molecule has 1 aliphatic carbocycles. The van der Waals surface area contributed by atoms with Crippen molar-refractivity contribution in [1.29, 1.82) is 0 Å². The quantitative estimate of drug-likeness (QED) is 0.869. The van der Waals surface area contributed by atoms with E-state index < -0.39 is 0 Å². The second-order valence-corrected chi connectivity index (χ2v) is 5.31. The maximum absolute atomic E-state index is 5.32. The van der Waals surface area contributed by atoms with Crippen LogP contribution in [-0.4, -0.2) is 19.8 Å². The molecule has 3 nitrogen and oxygen atoms in total. The Hall–Kier alpha value is -1.22. The number of methoxy groups -OCH3 is 2. The lowest BCUT2D eigenvalue weighted by molar-refractivity contribution is 0.350. The molecule has 0 unspecified atom stereocenters. The number of ether oxygens (including phenoxy) is 2. The molecule has 2 rings (SSSR count). The van der Waals surface area contributed by atoms with Crippen LogP contribution in [0.5, 0.6) is 11.5 Å². The lowest BCUT2D eigenvalue weighted by Crippen LogP contribution is -2.38. The summed E-state index contributed by atoms with van der Waals surface area (Å²) >= 11 is 0. The van der Waals surface area contributed by atoms with Crippen molar-refractivity contribution in [2.24, 2.45) is 0 Å². The van der Waals surface area contributed by atoms with Crippen LogP contribution < -0.4 is 14.8 Å². The van der Waals surface area contributed by atoms with Gasteiger partial charge in [0.15, 0.2) is 11.5 Å². The van der Waals surface area contributed by atoms with E-state index in [1.165, 1.54) is 31.2 Å². The second-order valence-electron chi connectivity index (χ2n) is 5.31. The lowest BCUT2D eigenvalue weighted by atomic mass is 10.0. The summed E-state index contributed by atoms with van der Waals surface area (Å²) in [4.78, 5) is 0. The molecule has 0 radical (unpaired) electrons. The molecule has 1 aromatic rings. The Morgan fingerprint density at radius 1 is 1.11 bits per heavy atom. The van der Waals surface area contributed by atoms with Crippen LogP contribution in [0.4, 0.5) is 0 Å². The highest BCUT2D eigenvalue weighted by Crippen LogP contribution is 2.30. The Morgan fingerprint density at radius 3 is 2.39 bits per heavy atom. The molecule has 1 fully saturated rings. The Balaban J connectivity index is 2.01. The summed E-state index contributed by atoms with van der Waals surface area (Å²) in [6.07, 6.45) is 5.24. The SMILES string of the molecule is COc1ccc(CNC2(C)CCCC2)cc1OC. The van der Waals surface area contributed by atoms with Crippen molar-refractivity contribution in [3.8, 4) is 11.5 Å². The van der Waals surface area contributed by atoms with E-state index in [-0.39, 0.29) is 0 Å². The highest BCUT2D eigenvalue weighted by Gasteiger charge is 2.27. The van der Waals surface area contributed by atoms with Crippen molar-refractivity contribution >= 4 is 0 Å². The van der Waals surface area contributed by atoms with Gasteiger partial charge in [-0.05, 0) is 37.5 Å². The first-order chi connectivity index (χ1) is 8.67. The largest absolute Gasteiger partial charge is 0.493 e. The molecule has 18 heavy (non-hydrogen) atoms. The van der Waals surface area contributed by atoms with Gasteiger partial charge in [0.25, 0.3) is 0 Å². The highest BCUT2D eigenvalue weighted by atomic mass is 16.5. The van der Waals surface area contributed by atoms with E-state index in [9.17, 15) is 0 Å². The first kappa shape index (κ1) is 13.2. The molecular formula is C15H23NO2. The Bertz CT molecular complexity index is 397. The zero-order valence-corrected chi connectivity index (χ0v) is 11.6. The van der Waals surface area contributed by atoms with Gasteiger partial charge in [-0.15, -0.1) is 0 Å². The van der Waals surface area contributed by atoms with Gasteiger partial charge in [0.2, 0.25) is 0 Å². The summed E-state index contributed by atoms with van der Waals surface area (Å²) in [5.74, 6) is 1.58. The van der Waals surface area contributed by atoms with Crippen molar-refractivity contribution in [1.82, 2.24) is 5.32 Å². The minimum Gasteiger partial charge on any atom is -0.493 e. The highest BCUT2D eigenvalue weighted by molar-refractivity contribution is 5.42. The van der Waals surface area contributed by atoms with Crippen LogP contribution in [0.1, 0.15) is 38.2 Å². The minimum atomic E-state index is 0.313. The third-order valence-electron chi connectivity index (χ3n) is 3.87. The number of hydrogen-bond donors (Lipinski definition) is 1. The molecule has 1 N–H and O–H groups in total. The molecule has 1 saturated carbocycles. The number of hydrogen-bond acceptors (Lipinski definition) is 3. The monoisotopic (exact) mass is 249 g/mol. The molecule has 0 spiro atoms. The van der Waals surface area contributed by atoms with E-state index in [0.29, 0.717) is 5.54 Å². The van der Waals surface area contributed by atoms with Gasteiger partial charge in [0, 0.05) is 12.1 Å². The molecule has 0 saturated heterocycles. The number of rotatable bonds is 5. The maximum atomic E-state index is 5.32. The minimum absolute atomic E-state index is 0.313. The summed E-state index contributed by atoms with van der Waals surface area (Å²) < 4.78 is 10.6. The van der Waals surface area contributed by atoms with E-state index in [1.807, 2.05) is 12.1 Å². The molecule has 1 aromatic carbocycles. The van der Waals surface area contributed by atoms with Gasteiger partial charge < -0.3 is 14.8 Å². The molecule has 0 heterocycles. The Kier molecular flexibility index (Phi) is 4.12. The predicted octanol–water partition coefficient (Wildman–Crippen LogP) is 3.13. The summed E-state index contributed by atoms with van der Waals surface area (Å²) in [6.45, 7) is 3.21. The van der Waals surface area contributed by atoms with Crippen LogP contribution in [0.3, 0.4) is 0 Å². The topological polar surface area (TPSA) is 30.5 Å². The van der Waals surface area contributed by atoms with E-state index >= 15 is 0 Å². The second kappa shape index (κ2) is 5.61. The van der Waals surface area contributed by atoms with E-state index in [1.54, 1.807) is 14.2 Å². The smallest absolute Gasteiger partial charge is 0.161 e. The van der Waals surface area contributed by atoms with Crippen LogP contribution in [0.25, 0.3) is 0 Å². The molecule has 1 aliphatic rings. The molecule has 0 amide bonds. The lowest BCUT2D eigenvalue weighted by Gasteiger charge is -2.25. The summed E-state index contributed by atoms with van der Waals surface area (Å²) in [5.41, 5.74) is 1.55. The normalized spacial score (nSPS) is 17.7. The fourth-order valence-corrected chi connectivity index (χ4v) is 2.64. The van der Waals surface area contributed by atoms with Gasteiger partial charge in [-0.25, -0.2) is 0 Å². The van der Waals surface area contributed by atoms with Crippen LogP contribution in [0.15, 0.2) is 18.2 Å². The van der Waals surface area contributed by atoms with Gasteiger partial charge in [-0.3, -0.25) is 0 Å². The molecule has 0 aromatic heterocycles. The zero-order chi connectivity index (χ0) is 13.0. The first-order valence-corrected chi connectivity index (χ1v) is 6.63. The molecular weight excluding hydrogens is 226 g/mol. The maximum Gasteiger partial charge on any atom is 0.161 e. The molecule has 3 heteroatoms. The van der Waals surface area contributed by atoms with Crippen molar-refractivity contribution in [2.45, 2.75) is 44.7 Å². The molecule has 0 bridgehead atoms. The van der Waals surface area contributed by atoms with E-state index in [2.05, 4.69) is 18.3 Å². The average molecular weight is 249 g/mol. The zero-order valence-electron chi connectivity index (χ0n) is 11.6. The first-order valence-electron chi connectivity index (χ1n) is 6.63. The van der Waals surface area contributed by atoms with Gasteiger partial charge in [0.1, 0.15) is 0 Å². The summed E-state index contributed by atoms with van der Waals surface area (Å²) in [6, 6.07) is 6.10. The van der Waals surface area contributed by atoms with Crippen LogP contribution in [0.2, 0.25) is 0 Å².